The lowest BCUT2D eigenvalue weighted by atomic mass is 10.2. The lowest BCUT2D eigenvalue weighted by Gasteiger charge is -2.11. The van der Waals surface area contributed by atoms with Crippen molar-refractivity contribution in [3.8, 4) is 5.69 Å². The Bertz CT molecular complexity index is 960. The average Bonchev–Trinajstić information content (AvgIpc) is 3.08. The summed E-state index contributed by atoms with van der Waals surface area (Å²) in [6.45, 7) is 7.51. The second kappa shape index (κ2) is 6.50. The quantitative estimate of drug-likeness (QED) is 0.759. The molecule has 1 aromatic carbocycles. The normalized spacial score (nSPS) is 11.8. The molecule has 7 heteroatoms. The number of aryl methyl sites for hydroxylation is 4. The SMILES string of the molecule is Cc1noc(C)c1S(=O)(=O)NCc1ccc(-n2c(C)ccc2C)cc1. The average molecular weight is 359 g/mol. The van der Waals surface area contributed by atoms with Crippen LogP contribution in [-0.4, -0.2) is 18.1 Å². The molecule has 132 valence electrons. The summed E-state index contributed by atoms with van der Waals surface area (Å²) >= 11 is 0. The molecule has 25 heavy (non-hydrogen) atoms. The Morgan fingerprint density at radius 1 is 1.00 bits per heavy atom. The Labute approximate surface area is 147 Å². The van der Waals surface area contributed by atoms with Gasteiger partial charge in [0, 0.05) is 23.6 Å². The zero-order valence-electron chi connectivity index (χ0n) is 14.7. The van der Waals surface area contributed by atoms with Crippen LogP contribution in [0.2, 0.25) is 0 Å². The highest BCUT2D eigenvalue weighted by atomic mass is 32.2. The molecule has 0 radical (unpaired) electrons. The van der Waals surface area contributed by atoms with E-state index < -0.39 is 10.0 Å². The van der Waals surface area contributed by atoms with Gasteiger partial charge in [0.2, 0.25) is 10.0 Å². The second-order valence-corrected chi connectivity index (χ2v) is 7.80. The Hall–Kier alpha value is -2.38. The highest BCUT2D eigenvalue weighted by Gasteiger charge is 2.23. The summed E-state index contributed by atoms with van der Waals surface area (Å²) in [7, 11) is -3.65. The first-order valence-corrected chi connectivity index (χ1v) is 9.45. The van der Waals surface area contributed by atoms with Crippen LogP contribution in [0.15, 0.2) is 45.8 Å². The molecule has 0 fully saturated rings. The largest absolute Gasteiger partial charge is 0.360 e. The number of hydrogen-bond donors (Lipinski definition) is 1. The van der Waals surface area contributed by atoms with Crippen molar-refractivity contribution in [1.29, 1.82) is 0 Å². The minimum Gasteiger partial charge on any atom is -0.360 e. The van der Waals surface area contributed by atoms with Crippen LogP contribution in [0.3, 0.4) is 0 Å². The van der Waals surface area contributed by atoms with Crippen molar-refractivity contribution in [2.45, 2.75) is 39.1 Å². The third-order valence-corrected chi connectivity index (χ3v) is 5.81. The zero-order chi connectivity index (χ0) is 18.2. The minimum atomic E-state index is -3.65. The van der Waals surface area contributed by atoms with Crippen molar-refractivity contribution in [3.05, 3.63) is 64.8 Å². The molecule has 2 heterocycles. The van der Waals surface area contributed by atoms with Crippen molar-refractivity contribution in [1.82, 2.24) is 14.4 Å². The summed E-state index contributed by atoms with van der Waals surface area (Å²) < 4.78 is 34.6. The van der Waals surface area contributed by atoms with E-state index in [9.17, 15) is 8.42 Å². The van der Waals surface area contributed by atoms with Gasteiger partial charge < -0.3 is 9.09 Å². The summed E-state index contributed by atoms with van der Waals surface area (Å²) in [5.74, 6) is 0.291. The van der Waals surface area contributed by atoms with Crippen LogP contribution >= 0.6 is 0 Å². The lowest BCUT2D eigenvalue weighted by Crippen LogP contribution is -2.24. The first-order chi connectivity index (χ1) is 11.8. The van der Waals surface area contributed by atoms with Crippen LogP contribution in [0.5, 0.6) is 0 Å². The van der Waals surface area contributed by atoms with Gasteiger partial charge in [-0.25, -0.2) is 13.1 Å². The topological polar surface area (TPSA) is 77.1 Å². The van der Waals surface area contributed by atoms with Gasteiger partial charge in [0.05, 0.1) is 0 Å². The number of hydrogen-bond acceptors (Lipinski definition) is 4. The van der Waals surface area contributed by atoms with E-state index in [4.69, 9.17) is 4.52 Å². The second-order valence-electron chi connectivity index (χ2n) is 6.10. The van der Waals surface area contributed by atoms with Gasteiger partial charge in [-0.2, -0.15) is 0 Å². The molecule has 0 amide bonds. The monoisotopic (exact) mass is 359 g/mol. The Balaban J connectivity index is 1.77. The molecule has 3 rings (SSSR count). The van der Waals surface area contributed by atoms with E-state index in [-0.39, 0.29) is 11.4 Å². The minimum absolute atomic E-state index is 0.114. The Morgan fingerprint density at radius 3 is 2.12 bits per heavy atom. The summed E-state index contributed by atoms with van der Waals surface area (Å²) in [6.07, 6.45) is 0. The van der Waals surface area contributed by atoms with E-state index in [1.165, 1.54) is 0 Å². The summed E-state index contributed by atoms with van der Waals surface area (Å²) in [5.41, 5.74) is 4.60. The van der Waals surface area contributed by atoms with E-state index in [0.29, 0.717) is 11.5 Å². The molecule has 6 nitrogen and oxygen atoms in total. The molecule has 1 N–H and O–H groups in total. The molecule has 0 atom stereocenters. The number of aromatic nitrogens is 2. The Kier molecular flexibility index (Phi) is 4.53. The molecule has 0 spiro atoms. The molecular weight excluding hydrogens is 338 g/mol. The fourth-order valence-corrected chi connectivity index (χ4v) is 4.29. The van der Waals surface area contributed by atoms with Crippen molar-refractivity contribution >= 4 is 10.0 Å². The maximum absolute atomic E-state index is 12.4. The van der Waals surface area contributed by atoms with Gasteiger partial charge in [0.1, 0.15) is 10.6 Å². The molecule has 0 unspecified atom stereocenters. The van der Waals surface area contributed by atoms with Gasteiger partial charge in [0.25, 0.3) is 0 Å². The number of nitrogens with one attached hydrogen (secondary N) is 1. The van der Waals surface area contributed by atoms with E-state index >= 15 is 0 Å². The van der Waals surface area contributed by atoms with Crippen LogP contribution in [0.1, 0.15) is 28.4 Å². The molecule has 0 saturated carbocycles. The van der Waals surface area contributed by atoms with Gasteiger partial charge >= 0.3 is 0 Å². The summed E-state index contributed by atoms with van der Waals surface area (Å²) in [6, 6.07) is 12.0. The number of sulfonamides is 1. The van der Waals surface area contributed by atoms with E-state index in [2.05, 4.69) is 40.4 Å². The molecule has 0 aliphatic carbocycles. The van der Waals surface area contributed by atoms with Crippen LogP contribution in [0, 0.1) is 27.7 Å². The Morgan fingerprint density at radius 2 is 1.60 bits per heavy atom. The van der Waals surface area contributed by atoms with E-state index in [0.717, 1.165) is 22.6 Å². The third kappa shape index (κ3) is 3.38. The van der Waals surface area contributed by atoms with Crippen LogP contribution in [0.25, 0.3) is 5.69 Å². The smallest absolute Gasteiger partial charge is 0.246 e. The van der Waals surface area contributed by atoms with Crippen molar-refractivity contribution in [2.75, 3.05) is 0 Å². The van der Waals surface area contributed by atoms with Gasteiger partial charge in [-0.3, -0.25) is 0 Å². The van der Waals surface area contributed by atoms with Crippen molar-refractivity contribution in [3.63, 3.8) is 0 Å². The number of rotatable bonds is 5. The highest BCUT2D eigenvalue weighted by Crippen LogP contribution is 2.20. The summed E-state index contributed by atoms with van der Waals surface area (Å²) in [5, 5.41) is 3.70. The maximum Gasteiger partial charge on any atom is 0.246 e. The zero-order valence-corrected chi connectivity index (χ0v) is 15.5. The van der Waals surface area contributed by atoms with Crippen molar-refractivity contribution in [2.24, 2.45) is 0 Å². The molecule has 3 aromatic rings. The third-order valence-electron chi connectivity index (χ3n) is 4.17. The molecule has 0 aliphatic rings. The van der Waals surface area contributed by atoms with E-state index in [1.54, 1.807) is 13.8 Å². The van der Waals surface area contributed by atoms with Crippen LogP contribution < -0.4 is 4.72 Å². The molecule has 0 bridgehead atoms. The van der Waals surface area contributed by atoms with E-state index in [1.807, 2.05) is 24.3 Å². The maximum atomic E-state index is 12.4. The first kappa shape index (κ1) is 17.4. The molecule has 2 aromatic heterocycles. The fourth-order valence-electron chi connectivity index (χ4n) is 2.95. The van der Waals surface area contributed by atoms with Gasteiger partial charge in [-0.05, 0) is 57.5 Å². The summed E-state index contributed by atoms with van der Waals surface area (Å²) in [4.78, 5) is 0.114. The first-order valence-electron chi connectivity index (χ1n) is 7.96. The van der Waals surface area contributed by atoms with Crippen LogP contribution in [-0.2, 0) is 16.6 Å². The molecular formula is C18H21N3O3S. The van der Waals surface area contributed by atoms with Crippen LogP contribution in [0.4, 0.5) is 0 Å². The number of benzene rings is 1. The highest BCUT2D eigenvalue weighted by molar-refractivity contribution is 7.89. The molecule has 0 aliphatic heterocycles. The van der Waals surface area contributed by atoms with Gasteiger partial charge in [-0.15, -0.1) is 0 Å². The fraction of sp³-hybridized carbons (Fsp3) is 0.278. The van der Waals surface area contributed by atoms with Gasteiger partial charge in [-0.1, -0.05) is 17.3 Å². The predicted molar refractivity (Wildman–Crippen MR) is 95.2 cm³/mol. The van der Waals surface area contributed by atoms with Crippen molar-refractivity contribution < 1.29 is 12.9 Å². The molecule has 0 saturated heterocycles. The number of nitrogens with zero attached hydrogens (tertiary/aromatic N) is 2. The standard InChI is InChI=1S/C18H21N3O3S/c1-12-5-6-13(2)21(12)17-9-7-16(8-10-17)11-19-25(22,23)18-14(3)20-24-15(18)4/h5-10,19H,11H2,1-4H3. The lowest BCUT2D eigenvalue weighted by molar-refractivity contribution is 0.390. The predicted octanol–water partition coefficient (Wildman–Crippen LogP) is 3.18. The van der Waals surface area contributed by atoms with Gasteiger partial charge in [0.15, 0.2) is 5.76 Å².